The molecule has 0 aliphatic heterocycles. The normalized spacial score (nSPS) is 26.0. The van der Waals surface area contributed by atoms with Gasteiger partial charge in [0.05, 0.1) is 0 Å². The smallest absolute Gasteiger partial charge is 0.0208 e. The summed E-state index contributed by atoms with van der Waals surface area (Å²) in [4.78, 5) is 0. The predicted molar refractivity (Wildman–Crippen MR) is 103 cm³/mol. The highest BCUT2D eigenvalue weighted by Crippen LogP contribution is 2.68. The van der Waals surface area contributed by atoms with Crippen molar-refractivity contribution in [3.63, 3.8) is 0 Å². The van der Waals surface area contributed by atoms with Gasteiger partial charge >= 0.3 is 0 Å². The summed E-state index contributed by atoms with van der Waals surface area (Å²) in [6.45, 7) is 18.1. The standard InChI is InChI=1S/C16H16.3C2H6/c1-3-9-16-11-14-8-6-5-7-13(14)10-15(16,4-2)12-16;3*1-2/h3-11H,2,12H2,1H3;3*1-2H3/b9-3-;;;. The second-order valence-electron chi connectivity index (χ2n) is 4.88. The molecule has 1 saturated carbocycles. The molecular formula is C22H34. The van der Waals surface area contributed by atoms with E-state index in [2.05, 4.69) is 68.1 Å². The van der Waals surface area contributed by atoms with Crippen LogP contribution in [0, 0.1) is 10.8 Å². The van der Waals surface area contributed by atoms with E-state index in [-0.39, 0.29) is 10.8 Å². The third kappa shape index (κ3) is 3.61. The third-order valence-electron chi connectivity index (χ3n) is 3.98. The number of benzene rings is 1. The van der Waals surface area contributed by atoms with Crippen molar-refractivity contribution in [2.75, 3.05) is 0 Å². The number of hydrogen-bond donors (Lipinski definition) is 0. The first kappa shape index (κ1) is 20.4. The molecule has 0 saturated heterocycles. The van der Waals surface area contributed by atoms with Crippen LogP contribution >= 0.6 is 0 Å². The van der Waals surface area contributed by atoms with Crippen molar-refractivity contribution in [1.82, 2.24) is 0 Å². The van der Waals surface area contributed by atoms with Crippen molar-refractivity contribution in [3.05, 3.63) is 59.5 Å². The van der Waals surface area contributed by atoms with Crippen LogP contribution in [-0.2, 0) is 0 Å². The minimum Gasteiger partial charge on any atom is -0.102 e. The summed E-state index contributed by atoms with van der Waals surface area (Å²) in [6, 6.07) is 8.60. The molecule has 0 nitrogen and oxygen atoms in total. The topological polar surface area (TPSA) is 0 Å². The van der Waals surface area contributed by atoms with Crippen molar-refractivity contribution >= 4 is 12.2 Å². The Morgan fingerprint density at radius 3 is 1.73 bits per heavy atom. The van der Waals surface area contributed by atoms with E-state index in [0.29, 0.717) is 0 Å². The first-order valence-corrected chi connectivity index (χ1v) is 8.84. The van der Waals surface area contributed by atoms with Crippen molar-refractivity contribution < 1.29 is 0 Å². The number of allylic oxidation sites excluding steroid dienone is 3. The Hall–Kier alpha value is -1.56. The Kier molecular flexibility index (Phi) is 8.79. The summed E-state index contributed by atoms with van der Waals surface area (Å²) in [5, 5.41) is 2.70. The van der Waals surface area contributed by atoms with Crippen LogP contribution < -0.4 is 10.4 Å². The molecule has 2 unspecified atom stereocenters. The van der Waals surface area contributed by atoms with E-state index in [4.69, 9.17) is 0 Å². The van der Waals surface area contributed by atoms with Gasteiger partial charge in [-0.05, 0) is 23.8 Å². The lowest BCUT2D eigenvalue weighted by atomic mass is 9.86. The molecule has 122 valence electrons. The first-order valence-electron chi connectivity index (χ1n) is 8.84. The fraction of sp³-hybridized carbons (Fsp3) is 0.455. The molecule has 0 bridgehead atoms. The van der Waals surface area contributed by atoms with E-state index in [0.717, 1.165) is 0 Å². The summed E-state index contributed by atoms with van der Waals surface area (Å²) in [5.41, 5.74) is 0.381. The number of hydrogen-bond acceptors (Lipinski definition) is 0. The number of fused-ring (bicyclic) bond motifs is 2. The lowest BCUT2D eigenvalue weighted by molar-refractivity contribution is 0.732. The van der Waals surface area contributed by atoms with E-state index in [9.17, 15) is 0 Å². The molecule has 2 atom stereocenters. The summed E-state index contributed by atoms with van der Waals surface area (Å²) < 4.78 is 0. The fourth-order valence-electron chi connectivity index (χ4n) is 3.02. The van der Waals surface area contributed by atoms with Gasteiger partial charge in [0.15, 0.2) is 0 Å². The molecule has 2 aliphatic carbocycles. The van der Waals surface area contributed by atoms with Gasteiger partial charge in [-0.1, -0.05) is 96.2 Å². The van der Waals surface area contributed by atoms with Gasteiger partial charge in [-0.3, -0.25) is 0 Å². The van der Waals surface area contributed by atoms with Gasteiger partial charge in [-0.15, -0.1) is 6.58 Å². The van der Waals surface area contributed by atoms with Gasteiger partial charge in [0.2, 0.25) is 0 Å². The Bertz CT molecular complexity index is 591. The minimum absolute atomic E-state index is 0.174. The van der Waals surface area contributed by atoms with Crippen LogP contribution in [0.2, 0.25) is 0 Å². The lowest BCUT2D eigenvalue weighted by Crippen LogP contribution is -2.31. The Morgan fingerprint density at radius 1 is 0.864 bits per heavy atom. The predicted octanol–water partition coefficient (Wildman–Crippen LogP) is 5.48. The molecule has 0 radical (unpaired) electrons. The zero-order valence-corrected chi connectivity index (χ0v) is 15.6. The maximum absolute atomic E-state index is 4.01. The largest absolute Gasteiger partial charge is 0.102 e. The van der Waals surface area contributed by atoms with Gasteiger partial charge < -0.3 is 0 Å². The average molecular weight is 299 g/mol. The van der Waals surface area contributed by atoms with Crippen LogP contribution in [0.25, 0.3) is 12.2 Å². The Morgan fingerprint density at radius 2 is 1.32 bits per heavy atom. The van der Waals surface area contributed by atoms with E-state index < -0.39 is 0 Å². The molecule has 0 heteroatoms. The molecule has 2 aliphatic rings. The van der Waals surface area contributed by atoms with E-state index in [1.807, 2.05) is 41.5 Å². The Balaban J connectivity index is 0.000000661. The SMILES string of the molecule is C=CC12C=c3ccccc3=CC1(/C=C\C)C2.CC.CC.CC. The fourth-order valence-corrected chi connectivity index (χ4v) is 3.02. The highest BCUT2D eigenvalue weighted by atomic mass is 14.6. The maximum Gasteiger partial charge on any atom is 0.0208 e. The average Bonchev–Trinajstić information content (AvgIpc) is 3.25. The summed E-state index contributed by atoms with van der Waals surface area (Å²) in [7, 11) is 0. The highest BCUT2D eigenvalue weighted by molar-refractivity contribution is 5.65. The molecular weight excluding hydrogens is 264 g/mol. The third-order valence-corrected chi connectivity index (χ3v) is 3.98. The van der Waals surface area contributed by atoms with Crippen LogP contribution in [0.1, 0.15) is 54.9 Å². The quantitative estimate of drug-likeness (QED) is 0.634. The molecule has 1 aromatic rings. The van der Waals surface area contributed by atoms with E-state index >= 15 is 0 Å². The van der Waals surface area contributed by atoms with Crippen molar-refractivity contribution in [1.29, 1.82) is 0 Å². The molecule has 0 spiro atoms. The van der Waals surface area contributed by atoms with Crippen LogP contribution in [-0.4, -0.2) is 0 Å². The second-order valence-corrected chi connectivity index (χ2v) is 4.88. The molecule has 22 heavy (non-hydrogen) atoms. The van der Waals surface area contributed by atoms with Crippen molar-refractivity contribution in [2.45, 2.75) is 54.9 Å². The van der Waals surface area contributed by atoms with Crippen LogP contribution in [0.4, 0.5) is 0 Å². The van der Waals surface area contributed by atoms with Crippen molar-refractivity contribution in [3.8, 4) is 0 Å². The summed E-state index contributed by atoms with van der Waals surface area (Å²) >= 11 is 0. The summed E-state index contributed by atoms with van der Waals surface area (Å²) in [6.07, 6.45) is 12.5. The van der Waals surface area contributed by atoms with Gasteiger partial charge in [0.1, 0.15) is 0 Å². The molecule has 0 amide bonds. The van der Waals surface area contributed by atoms with Crippen LogP contribution in [0.15, 0.2) is 49.1 Å². The molecule has 1 fully saturated rings. The molecule has 0 N–H and O–H groups in total. The molecule has 1 aromatic carbocycles. The second kappa shape index (κ2) is 9.46. The molecule has 0 heterocycles. The highest BCUT2D eigenvalue weighted by Gasteiger charge is 2.61. The van der Waals surface area contributed by atoms with Gasteiger partial charge in [0, 0.05) is 10.8 Å². The van der Waals surface area contributed by atoms with Gasteiger partial charge in [-0.2, -0.15) is 0 Å². The summed E-state index contributed by atoms with van der Waals surface area (Å²) in [5.74, 6) is 0. The van der Waals surface area contributed by atoms with Gasteiger partial charge in [-0.25, -0.2) is 0 Å². The molecule has 3 rings (SSSR count). The van der Waals surface area contributed by atoms with Crippen LogP contribution in [0.3, 0.4) is 0 Å². The Labute approximate surface area is 138 Å². The van der Waals surface area contributed by atoms with Gasteiger partial charge in [0.25, 0.3) is 0 Å². The van der Waals surface area contributed by atoms with E-state index in [1.165, 1.54) is 16.9 Å². The molecule has 0 aromatic heterocycles. The maximum atomic E-state index is 4.01. The van der Waals surface area contributed by atoms with Crippen molar-refractivity contribution in [2.24, 2.45) is 10.8 Å². The zero-order valence-electron chi connectivity index (χ0n) is 15.6. The first-order chi connectivity index (χ1) is 10.8. The lowest BCUT2D eigenvalue weighted by Gasteiger charge is -2.17. The van der Waals surface area contributed by atoms with E-state index in [1.54, 1.807) is 0 Å². The zero-order chi connectivity index (χ0) is 17.2. The minimum atomic E-state index is 0.174. The number of rotatable bonds is 2. The van der Waals surface area contributed by atoms with Crippen LogP contribution in [0.5, 0.6) is 0 Å². The monoisotopic (exact) mass is 298 g/mol.